The van der Waals surface area contributed by atoms with E-state index in [0.29, 0.717) is 5.71 Å². The van der Waals surface area contributed by atoms with E-state index in [9.17, 15) is 0 Å². The molecule has 0 unspecified atom stereocenters. The van der Waals surface area contributed by atoms with Crippen LogP contribution in [0.2, 0.25) is 0 Å². The second kappa shape index (κ2) is 3.46. The summed E-state index contributed by atoms with van der Waals surface area (Å²) in [7, 11) is 0. The minimum atomic E-state index is 0.576. The van der Waals surface area contributed by atoms with Gasteiger partial charge in [0, 0.05) is 0 Å². The molecule has 0 bridgehead atoms. The Morgan fingerprint density at radius 2 is 1.38 bits per heavy atom. The number of nitrogens with one attached hydrogen (secondary N) is 1. The van der Waals surface area contributed by atoms with E-state index in [4.69, 9.17) is 5.41 Å². The van der Waals surface area contributed by atoms with Crippen molar-refractivity contribution < 1.29 is 0 Å². The van der Waals surface area contributed by atoms with Gasteiger partial charge in [-0.05, 0) is 28.3 Å². The number of benzene rings is 2. The van der Waals surface area contributed by atoms with Crippen LogP contribution in [0.25, 0.3) is 5.57 Å². The van der Waals surface area contributed by atoms with Gasteiger partial charge in [0.25, 0.3) is 0 Å². The van der Waals surface area contributed by atoms with Crippen LogP contribution in [0.5, 0.6) is 0 Å². The van der Waals surface area contributed by atoms with Gasteiger partial charge in [-0.1, -0.05) is 54.6 Å². The van der Waals surface area contributed by atoms with Gasteiger partial charge < -0.3 is 5.41 Å². The first-order valence-corrected chi connectivity index (χ1v) is 5.32. The summed E-state index contributed by atoms with van der Waals surface area (Å²) in [6.45, 7) is 0. The lowest BCUT2D eigenvalue weighted by Crippen LogP contribution is -1.92. The molecule has 2 aromatic rings. The van der Waals surface area contributed by atoms with Gasteiger partial charge in [-0.2, -0.15) is 0 Å². The largest absolute Gasteiger partial charge is 0.300 e. The molecule has 1 nitrogen and oxygen atoms in total. The fourth-order valence-electron chi connectivity index (χ4n) is 1.90. The molecule has 0 saturated heterocycles. The maximum atomic E-state index is 8.00. The average Bonchev–Trinajstić information content (AvgIpc) is 3.04. The third-order valence-corrected chi connectivity index (χ3v) is 2.82. The molecule has 0 saturated carbocycles. The van der Waals surface area contributed by atoms with Gasteiger partial charge in [0.2, 0.25) is 0 Å². The molecular formula is C15H11N. The number of hydrogen-bond acceptors (Lipinski definition) is 1. The quantitative estimate of drug-likeness (QED) is 0.619. The Kier molecular flexibility index (Phi) is 1.97. The molecule has 0 fully saturated rings. The van der Waals surface area contributed by atoms with E-state index >= 15 is 0 Å². The van der Waals surface area contributed by atoms with Crippen molar-refractivity contribution in [3.8, 4) is 0 Å². The van der Waals surface area contributed by atoms with Crippen molar-refractivity contribution >= 4 is 11.3 Å². The van der Waals surface area contributed by atoms with Crippen molar-refractivity contribution in [1.29, 1.82) is 5.41 Å². The lowest BCUT2D eigenvalue weighted by molar-refractivity contribution is 1.50. The molecule has 0 heterocycles. The molecule has 3 rings (SSSR count). The molecule has 0 aromatic heterocycles. The summed E-state index contributed by atoms with van der Waals surface area (Å²) in [5, 5.41) is 8.00. The van der Waals surface area contributed by atoms with E-state index in [0.717, 1.165) is 5.56 Å². The summed E-state index contributed by atoms with van der Waals surface area (Å²) in [5.41, 5.74) is 5.31. The van der Waals surface area contributed by atoms with Crippen LogP contribution in [0, 0.1) is 5.41 Å². The normalized spacial score (nSPS) is 11.9. The number of allylic oxidation sites excluding steroid dienone is 1. The van der Waals surface area contributed by atoms with Crippen molar-refractivity contribution in [3.05, 3.63) is 77.4 Å². The summed E-state index contributed by atoms with van der Waals surface area (Å²) in [4.78, 5) is 0. The molecular weight excluding hydrogens is 194 g/mol. The van der Waals surface area contributed by atoms with E-state index in [2.05, 4.69) is 12.1 Å². The highest BCUT2D eigenvalue weighted by atomic mass is 14.4. The molecule has 1 aliphatic carbocycles. The van der Waals surface area contributed by atoms with Crippen LogP contribution in [0.4, 0.5) is 0 Å². The van der Waals surface area contributed by atoms with E-state index in [1.54, 1.807) is 0 Å². The van der Waals surface area contributed by atoms with E-state index in [-0.39, 0.29) is 0 Å². The molecule has 1 heteroatoms. The smallest absolute Gasteiger partial charge is 0.0618 e. The predicted molar refractivity (Wildman–Crippen MR) is 66.8 cm³/mol. The van der Waals surface area contributed by atoms with E-state index in [1.807, 2.05) is 48.5 Å². The van der Waals surface area contributed by atoms with Crippen LogP contribution in [-0.4, -0.2) is 5.71 Å². The van der Waals surface area contributed by atoms with Crippen LogP contribution >= 0.6 is 0 Å². The van der Waals surface area contributed by atoms with Gasteiger partial charge in [0.15, 0.2) is 0 Å². The zero-order valence-corrected chi connectivity index (χ0v) is 8.77. The van der Waals surface area contributed by atoms with Crippen molar-refractivity contribution in [2.75, 3.05) is 0 Å². The first kappa shape index (κ1) is 9.10. The zero-order chi connectivity index (χ0) is 11.0. The molecule has 0 radical (unpaired) electrons. The minimum Gasteiger partial charge on any atom is -0.300 e. The first-order chi connectivity index (χ1) is 7.86. The molecule has 0 atom stereocenters. The molecule has 76 valence electrons. The van der Waals surface area contributed by atoms with Crippen molar-refractivity contribution in [3.63, 3.8) is 0 Å². The highest BCUT2D eigenvalue weighted by molar-refractivity contribution is 6.16. The summed E-state index contributed by atoms with van der Waals surface area (Å²) in [6, 6.07) is 18.1. The van der Waals surface area contributed by atoms with Gasteiger partial charge in [-0.25, -0.2) is 0 Å². The molecule has 16 heavy (non-hydrogen) atoms. The summed E-state index contributed by atoms with van der Waals surface area (Å²) in [6.07, 6.45) is 1.94. The number of fused-ring (bicyclic) bond motifs is 1. The monoisotopic (exact) mass is 205 g/mol. The standard InChI is InChI=1S/C15H11N/c16-15(11-6-2-1-3-7-11)10-14-12-8-4-5-9-13(12)14/h1-10,16H. The van der Waals surface area contributed by atoms with Crippen LogP contribution in [0.15, 0.2) is 60.7 Å². The molecule has 1 N–H and O–H groups in total. The highest BCUT2D eigenvalue weighted by Crippen LogP contribution is 2.41. The van der Waals surface area contributed by atoms with Gasteiger partial charge >= 0.3 is 0 Å². The second-order valence-electron chi connectivity index (χ2n) is 3.88. The van der Waals surface area contributed by atoms with Crippen molar-refractivity contribution in [2.24, 2.45) is 0 Å². The maximum Gasteiger partial charge on any atom is 0.0618 e. The Morgan fingerprint density at radius 3 is 2.00 bits per heavy atom. The Balaban J connectivity index is 1.89. The minimum absolute atomic E-state index is 0.576. The van der Waals surface area contributed by atoms with Crippen LogP contribution in [0.3, 0.4) is 0 Å². The van der Waals surface area contributed by atoms with Crippen LogP contribution < -0.4 is 0 Å². The lowest BCUT2D eigenvalue weighted by Gasteiger charge is -1.96. The summed E-state index contributed by atoms with van der Waals surface area (Å²) >= 11 is 0. The number of hydrogen-bond donors (Lipinski definition) is 1. The number of rotatable bonds is 2. The molecule has 0 aliphatic heterocycles. The molecule has 2 aromatic carbocycles. The third-order valence-electron chi connectivity index (χ3n) is 2.82. The predicted octanol–water partition coefficient (Wildman–Crippen LogP) is 3.50. The van der Waals surface area contributed by atoms with Gasteiger partial charge in [0.05, 0.1) is 5.71 Å². The Hall–Kier alpha value is -2.15. The second-order valence-corrected chi connectivity index (χ2v) is 3.88. The van der Waals surface area contributed by atoms with E-state index < -0.39 is 0 Å². The van der Waals surface area contributed by atoms with Crippen molar-refractivity contribution in [2.45, 2.75) is 0 Å². The molecule has 0 spiro atoms. The SMILES string of the molecule is N=C(C=C1c2ccccc21)c1ccccc1. The Labute approximate surface area is 94.6 Å². The third kappa shape index (κ3) is 1.47. The molecule has 1 aliphatic rings. The van der Waals surface area contributed by atoms with Crippen LogP contribution in [-0.2, 0) is 0 Å². The topological polar surface area (TPSA) is 23.9 Å². The van der Waals surface area contributed by atoms with Crippen LogP contribution in [0.1, 0.15) is 16.7 Å². The first-order valence-electron chi connectivity index (χ1n) is 5.32. The highest BCUT2D eigenvalue weighted by Gasteiger charge is 2.23. The summed E-state index contributed by atoms with van der Waals surface area (Å²) in [5.74, 6) is 0. The van der Waals surface area contributed by atoms with Crippen molar-refractivity contribution in [1.82, 2.24) is 0 Å². The molecule has 0 amide bonds. The lowest BCUT2D eigenvalue weighted by atomic mass is 10.1. The van der Waals surface area contributed by atoms with Gasteiger partial charge in [0.1, 0.15) is 0 Å². The Bertz CT molecular complexity index is 554. The zero-order valence-electron chi connectivity index (χ0n) is 8.77. The Morgan fingerprint density at radius 1 is 0.812 bits per heavy atom. The fourth-order valence-corrected chi connectivity index (χ4v) is 1.90. The van der Waals surface area contributed by atoms with Gasteiger partial charge in [-0.15, -0.1) is 0 Å². The maximum absolute atomic E-state index is 8.00. The van der Waals surface area contributed by atoms with Gasteiger partial charge in [-0.3, -0.25) is 0 Å². The average molecular weight is 205 g/mol. The fraction of sp³-hybridized carbons (Fsp3) is 0. The van der Waals surface area contributed by atoms with E-state index in [1.165, 1.54) is 16.7 Å². The summed E-state index contributed by atoms with van der Waals surface area (Å²) < 4.78 is 0.